The molecule has 0 aliphatic carbocycles. The fraction of sp³-hybridized carbons (Fsp3) is 0.316. The van der Waals surface area contributed by atoms with Gasteiger partial charge in [0.05, 0.1) is 10.6 Å². The number of amides is 2. The van der Waals surface area contributed by atoms with E-state index < -0.39 is 41.6 Å². The Labute approximate surface area is 164 Å². The number of rotatable bonds is 7. The van der Waals surface area contributed by atoms with Crippen LogP contribution < -0.4 is 10.6 Å². The van der Waals surface area contributed by atoms with Gasteiger partial charge in [-0.3, -0.25) is 9.59 Å². The highest BCUT2D eigenvalue weighted by atomic mass is 32.1. The lowest BCUT2D eigenvalue weighted by Gasteiger charge is -2.22. The number of benzene rings is 1. The molecule has 0 unspecified atom stereocenters. The van der Waals surface area contributed by atoms with Crippen molar-refractivity contribution in [2.24, 2.45) is 5.92 Å². The van der Waals surface area contributed by atoms with Gasteiger partial charge in [-0.2, -0.15) is 0 Å². The Hall–Kier alpha value is -2.81. The Kier molecular flexibility index (Phi) is 7.22. The molecule has 9 heteroatoms. The van der Waals surface area contributed by atoms with Crippen LogP contribution in [0.1, 0.15) is 30.4 Å². The summed E-state index contributed by atoms with van der Waals surface area (Å²) in [7, 11) is 0. The minimum absolute atomic E-state index is 0.235. The third-order valence-corrected chi connectivity index (χ3v) is 4.67. The van der Waals surface area contributed by atoms with Crippen LogP contribution in [0.4, 0.5) is 14.5 Å². The van der Waals surface area contributed by atoms with Crippen LogP contribution in [0.5, 0.6) is 0 Å². The molecule has 1 heterocycles. The molecule has 150 valence electrons. The van der Waals surface area contributed by atoms with Gasteiger partial charge >= 0.3 is 5.97 Å². The highest BCUT2D eigenvalue weighted by molar-refractivity contribution is 7.12. The smallest absolute Gasteiger partial charge is 0.329 e. The van der Waals surface area contributed by atoms with Crippen molar-refractivity contribution in [3.8, 4) is 0 Å². The van der Waals surface area contributed by atoms with Gasteiger partial charge in [-0.25, -0.2) is 13.6 Å². The van der Waals surface area contributed by atoms with Gasteiger partial charge in [-0.1, -0.05) is 19.9 Å². The number of hydrogen-bond acceptors (Lipinski definition) is 5. The number of carbonyl (C=O) groups is 3. The predicted octanol–water partition coefficient (Wildman–Crippen LogP) is 3.35. The summed E-state index contributed by atoms with van der Waals surface area (Å²) in [5.41, 5.74) is -0.235. The first kappa shape index (κ1) is 21.5. The summed E-state index contributed by atoms with van der Waals surface area (Å²) in [6.07, 6.45) is -1.25. The average Bonchev–Trinajstić information content (AvgIpc) is 3.16. The Morgan fingerprint density at radius 3 is 2.39 bits per heavy atom. The largest absolute Gasteiger partial charge is 0.451 e. The lowest BCUT2D eigenvalue weighted by atomic mass is 10.0. The van der Waals surface area contributed by atoms with E-state index in [1.807, 2.05) is 0 Å². The second-order valence-corrected chi connectivity index (χ2v) is 7.31. The average molecular weight is 410 g/mol. The maximum absolute atomic E-state index is 13.6. The first-order chi connectivity index (χ1) is 13.2. The van der Waals surface area contributed by atoms with E-state index in [4.69, 9.17) is 4.74 Å². The minimum Gasteiger partial charge on any atom is -0.451 e. The van der Waals surface area contributed by atoms with Gasteiger partial charge in [-0.05, 0) is 36.4 Å². The molecule has 0 saturated carbocycles. The third kappa shape index (κ3) is 5.59. The number of carbonyl (C=O) groups excluding carboxylic acids is 3. The molecule has 2 aromatic rings. The number of halogens is 2. The Morgan fingerprint density at radius 2 is 1.82 bits per heavy atom. The first-order valence-corrected chi connectivity index (χ1v) is 9.37. The highest BCUT2D eigenvalue weighted by Gasteiger charge is 2.29. The zero-order chi connectivity index (χ0) is 20.8. The van der Waals surface area contributed by atoms with Crippen LogP contribution in [-0.2, 0) is 14.3 Å². The number of anilines is 1. The van der Waals surface area contributed by atoms with E-state index in [0.29, 0.717) is 10.9 Å². The van der Waals surface area contributed by atoms with Crippen LogP contribution in [0.3, 0.4) is 0 Å². The molecule has 0 aliphatic rings. The van der Waals surface area contributed by atoms with Crippen molar-refractivity contribution in [2.45, 2.75) is 32.9 Å². The maximum Gasteiger partial charge on any atom is 0.329 e. The van der Waals surface area contributed by atoms with Crippen molar-refractivity contribution in [1.29, 1.82) is 0 Å². The van der Waals surface area contributed by atoms with E-state index in [2.05, 4.69) is 10.6 Å². The van der Waals surface area contributed by atoms with Crippen LogP contribution in [0.15, 0.2) is 35.7 Å². The molecule has 2 atom stereocenters. The number of nitrogens with one attached hydrogen (secondary N) is 2. The van der Waals surface area contributed by atoms with E-state index in [1.54, 1.807) is 31.4 Å². The van der Waals surface area contributed by atoms with Crippen LogP contribution >= 0.6 is 11.3 Å². The predicted molar refractivity (Wildman–Crippen MR) is 101 cm³/mol. The molecule has 0 fully saturated rings. The van der Waals surface area contributed by atoms with Crippen LogP contribution in [-0.4, -0.2) is 29.9 Å². The summed E-state index contributed by atoms with van der Waals surface area (Å²) in [4.78, 5) is 37.2. The van der Waals surface area contributed by atoms with Crippen LogP contribution in [0.25, 0.3) is 0 Å². The molecular weight excluding hydrogens is 390 g/mol. The third-order valence-electron chi connectivity index (χ3n) is 3.80. The number of ether oxygens (including phenoxy) is 1. The molecule has 1 aromatic heterocycles. The number of thiophene rings is 1. The fourth-order valence-electron chi connectivity index (χ4n) is 2.24. The summed E-state index contributed by atoms with van der Waals surface area (Å²) in [5, 5.41) is 6.56. The standard InChI is InChI=1S/C19H20F2N2O4S/c1-10(2)16(23-18(25)15-5-4-8-28-15)19(26)27-11(3)17(24)22-14-7-6-12(20)9-13(14)21/h4-11,16H,1-3H3,(H,22,24)(H,23,25)/t11-,16-/m1/s1. The van der Waals surface area contributed by atoms with Crippen LogP contribution in [0.2, 0.25) is 0 Å². The molecule has 2 amide bonds. The summed E-state index contributed by atoms with van der Waals surface area (Å²) in [5.74, 6) is -4.02. The summed E-state index contributed by atoms with van der Waals surface area (Å²) < 4.78 is 31.7. The number of hydrogen-bond donors (Lipinski definition) is 2. The quantitative estimate of drug-likeness (QED) is 0.686. The molecule has 0 bridgehead atoms. The lowest BCUT2D eigenvalue weighted by molar-refractivity contribution is -0.156. The summed E-state index contributed by atoms with van der Waals surface area (Å²) in [6, 6.07) is 5.05. The molecule has 1 aromatic carbocycles. The summed E-state index contributed by atoms with van der Waals surface area (Å²) >= 11 is 1.23. The molecule has 0 radical (unpaired) electrons. The molecule has 2 rings (SSSR count). The van der Waals surface area contributed by atoms with E-state index in [9.17, 15) is 23.2 Å². The van der Waals surface area contributed by atoms with Crippen molar-refractivity contribution in [3.63, 3.8) is 0 Å². The SMILES string of the molecule is CC(C)[C@@H](NC(=O)c1cccs1)C(=O)O[C@H](C)C(=O)Nc1ccc(F)cc1F. The minimum atomic E-state index is -1.25. The normalized spacial score (nSPS) is 12.9. The van der Waals surface area contributed by atoms with Gasteiger partial charge in [0, 0.05) is 6.07 Å². The van der Waals surface area contributed by atoms with Crippen molar-refractivity contribution in [2.75, 3.05) is 5.32 Å². The molecule has 28 heavy (non-hydrogen) atoms. The topological polar surface area (TPSA) is 84.5 Å². The molecule has 2 N–H and O–H groups in total. The second kappa shape index (κ2) is 9.41. The van der Waals surface area contributed by atoms with E-state index in [-0.39, 0.29) is 11.6 Å². The van der Waals surface area contributed by atoms with Crippen molar-refractivity contribution < 1.29 is 27.9 Å². The van der Waals surface area contributed by atoms with Gasteiger partial charge in [0.1, 0.15) is 17.7 Å². The lowest BCUT2D eigenvalue weighted by Crippen LogP contribution is -2.47. The van der Waals surface area contributed by atoms with Crippen molar-refractivity contribution >= 4 is 34.8 Å². The van der Waals surface area contributed by atoms with Gasteiger partial charge in [0.25, 0.3) is 11.8 Å². The van der Waals surface area contributed by atoms with E-state index in [1.165, 1.54) is 18.3 Å². The first-order valence-electron chi connectivity index (χ1n) is 8.49. The highest BCUT2D eigenvalue weighted by Crippen LogP contribution is 2.16. The van der Waals surface area contributed by atoms with Crippen LogP contribution in [0, 0.1) is 17.6 Å². The van der Waals surface area contributed by atoms with E-state index in [0.717, 1.165) is 12.1 Å². The maximum atomic E-state index is 13.6. The zero-order valence-electron chi connectivity index (χ0n) is 15.5. The van der Waals surface area contributed by atoms with Crippen molar-refractivity contribution in [1.82, 2.24) is 5.32 Å². The zero-order valence-corrected chi connectivity index (χ0v) is 16.3. The fourth-order valence-corrected chi connectivity index (χ4v) is 2.87. The second-order valence-electron chi connectivity index (χ2n) is 6.36. The summed E-state index contributed by atoms with van der Waals surface area (Å²) in [6.45, 7) is 4.76. The molecular formula is C19H20F2N2O4S. The molecule has 0 saturated heterocycles. The Morgan fingerprint density at radius 1 is 1.11 bits per heavy atom. The van der Waals surface area contributed by atoms with Gasteiger partial charge in [0.15, 0.2) is 6.10 Å². The molecule has 0 aliphatic heterocycles. The van der Waals surface area contributed by atoms with Gasteiger partial charge < -0.3 is 15.4 Å². The van der Waals surface area contributed by atoms with Gasteiger partial charge in [-0.15, -0.1) is 11.3 Å². The van der Waals surface area contributed by atoms with Gasteiger partial charge in [0.2, 0.25) is 0 Å². The van der Waals surface area contributed by atoms with Crippen molar-refractivity contribution in [3.05, 3.63) is 52.2 Å². The Bertz CT molecular complexity index is 856. The molecule has 0 spiro atoms. The Balaban J connectivity index is 1.99. The molecule has 6 nitrogen and oxygen atoms in total. The van der Waals surface area contributed by atoms with E-state index >= 15 is 0 Å². The monoisotopic (exact) mass is 410 g/mol. The number of esters is 1.